The van der Waals surface area contributed by atoms with Crippen LogP contribution in [0.2, 0.25) is 0 Å². The monoisotopic (exact) mass is 181 g/mol. The summed E-state index contributed by atoms with van der Waals surface area (Å²) in [7, 11) is 1.61. The van der Waals surface area contributed by atoms with Crippen molar-refractivity contribution in [3.05, 3.63) is 0 Å². The molecule has 4 nitrogen and oxygen atoms in total. The van der Waals surface area contributed by atoms with Gasteiger partial charge < -0.3 is 5.73 Å². The molecule has 72 valence electrons. The first-order valence-corrected chi connectivity index (χ1v) is 4.79. The smallest absolute Gasteiger partial charge is 0.334 e. The molecule has 0 spiro atoms. The van der Waals surface area contributed by atoms with Crippen molar-refractivity contribution in [3.8, 4) is 0 Å². The fourth-order valence-electron chi connectivity index (χ4n) is 1.81. The van der Waals surface area contributed by atoms with Crippen LogP contribution in [0.15, 0.2) is 5.10 Å². The summed E-state index contributed by atoms with van der Waals surface area (Å²) in [5.74, 6) is 1.51. The highest BCUT2D eigenvalue weighted by atomic mass is 16.2. The number of primary amides is 1. The Hall–Kier alpha value is -1.06. The van der Waals surface area contributed by atoms with E-state index in [1.165, 1.54) is 30.0 Å². The van der Waals surface area contributed by atoms with E-state index in [0.29, 0.717) is 5.92 Å². The van der Waals surface area contributed by atoms with Gasteiger partial charge in [0, 0.05) is 18.7 Å². The number of amides is 2. The SMILES string of the molecule is CN(/N=C1/CCC1C1CC1)C(N)=O. The second-order valence-electron chi connectivity index (χ2n) is 3.94. The first-order valence-electron chi connectivity index (χ1n) is 4.79. The Morgan fingerprint density at radius 1 is 1.54 bits per heavy atom. The number of nitrogens with two attached hydrogens (primary N) is 1. The number of urea groups is 1. The number of hydrogen-bond donors (Lipinski definition) is 1. The van der Waals surface area contributed by atoms with E-state index in [2.05, 4.69) is 5.10 Å². The lowest BCUT2D eigenvalue weighted by Gasteiger charge is -2.29. The molecule has 0 radical (unpaired) electrons. The maximum atomic E-state index is 10.7. The standard InChI is InChI=1S/C9H15N3O/c1-12(9(10)13)11-8-5-4-7(8)6-2-3-6/h6-7H,2-5H2,1H3,(H2,10,13)/b11-8-. The minimum atomic E-state index is -0.478. The van der Waals surface area contributed by atoms with Crippen molar-refractivity contribution in [2.45, 2.75) is 25.7 Å². The Balaban J connectivity index is 1.95. The zero-order valence-corrected chi connectivity index (χ0v) is 7.86. The predicted molar refractivity (Wildman–Crippen MR) is 50.2 cm³/mol. The highest BCUT2D eigenvalue weighted by Gasteiger charge is 2.39. The van der Waals surface area contributed by atoms with E-state index >= 15 is 0 Å². The Bertz CT molecular complexity index is 258. The van der Waals surface area contributed by atoms with Crippen LogP contribution in [0.3, 0.4) is 0 Å². The van der Waals surface area contributed by atoms with Crippen LogP contribution in [0.5, 0.6) is 0 Å². The molecule has 0 aromatic heterocycles. The summed E-state index contributed by atoms with van der Waals surface area (Å²) in [5.41, 5.74) is 6.25. The van der Waals surface area contributed by atoms with Gasteiger partial charge in [-0.15, -0.1) is 0 Å². The molecule has 0 saturated heterocycles. The van der Waals surface area contributed by atoms with Gasteiger partial charge in [-0.05, 0) is 31.6 Å². The summed E-state index contributed by atoms with van der Waals surface area (Å²) < 4.78 is 0. The number of hydrogen-bond acceptors (Lipinski definition) is 2. The third kappa shape index (κ3) is 1.66. The van der Waals surface area contributed by atoms with Gasteiger partial charge in [0.1, 0.15) is 0 Å². The lowest BCUT2D eigenvalue weighted by atomic mass is 9.79. The second kappa shape index (κ2) is 3.01. The van der Waals surface area contributed by atoms with E-state index in [0.717, 1.165) is 12.3 Å². The van der Waals surface area contributed by atoms with Gasteiger partial charge >= 0.3 is 6.03 Å². The average Bonchev–Trinajstić information content (AvgIpc) is 2.81. The first kappa shape index (κ1) is 8.53. The maximum absolute atomic E-state index is 10.7. The van der Waals surface area contributed by atoms with Crippen molar-refractivity contribution in [3.63, 3.8) is 0 Å². The largest absolute Gasteiger partial charge is 0.350 e. The Morgan fingerprint density at radius 2 is 2.23 bits per heavy atom. The molecule has 2 saturated carbocycles. The van der Waals surface area contributed by atoms with E-state index in [1.807, 2.05) is 0 Å². The molecule has 0 bridgehead atoms. The summed E-state index contributed by atoms with van der Waals surface area (Å²) in [6.45, 7) is 0. The summed E-state index contributed by atoms with van der Waals surface area (Å²) in [4.78, 5) is 10.7. The fourth-order valence-corrected chi connectivity index (χ4v) is 1.81. The van der Waals surface area contributed by atoms with Crippen molar-refractivity contribution in [2.75, 3.05) is 7.05 Å². The molecule has 13 heavy (non-hydrogen) atoms. The minimum absolute atomic E-state index is 0.478. The van der Waals surface area contributed by atoms with Crippen molar-refractivity contribution < 1.29 is 4.79 Å². The van der Waals surface area contributed by atoms with Crippen molar-refractivity contribution in [1.82, 2.24) is 5.01 Å². The number of hydrazone groups is 1. The first-order chi connectivity index (χ1) is 6.18. The molecule has 0 aromatic carbocycles. The van der Waals surface area contributed by atoms with Crippen LogP contribution in [0.4, 0.5) is 4.79 Å². The van der Waals surface area contributed by atoms with Gasteiger partial charge in [-0.3, -0.25) is 0 Å². The van der Waals surface area contributed by atoms with Gasteiger partial charge in [-0.2, -0.15) is 5.10 Å². The van der Waals surface area contributed by atoms with Crippen molar-refractivity contribution in [2.24, 2.45) is 22.7 Å². The van der Waals surface area contributed by atoms with E-state index < -0.39 is 6.03 Å². The summed E-state index contributed by atoms with van der Waals surface area (Å²) in [6, 6.07) is -0.478. The number of carbonyl (C=O) groups excluding carboxylic acids is 1. The number of nitrogens with zero attached hydrogens (tertiary/aromatic N) is 2. The zero-order chi connectivity index (χ0) is 9.42. The predicted octanol–water partition coefficient (Wildman–Crippen LogP) is 1.17. The lowest BCUT2D eigenvalue weighted by Crippen LogP contribution is -2.34. The van der Waals surface area contributed by atoms with Crippen LogP contribution in [0.1, 0.15) is 25.7 Å². The highest BCUT2D eigenvalue weighted by Crippen LogP contribution is 2.45. The average molecular weight is 181 g/mol. The molecule has 1 unspecified atom stereocenters. The maximum Gasteiger partial charge on any atom is 0.334 e. The van der Waals surface area contributed by atoms with Crippen molar-refractivity contribution >= 4 is 11.7 Å². The molecule has 0 heterocycles. The van der Waals surface area contributed by atoms with Crippen LogP contribution in [-0.2, 0) is 0 Å². The van der Waals surface area contributed by atoms with Gasteiger partial charge in [0.15, 0.2) is 0 Å². The Labute approximate surface area is 77.8 Å². The van der Waals surface area contributed by atoms with Gasteiger partial charge in [-0.1, -0.05) is 0 Å². The van der Waals surface area contributed by atoms with E-state index in [9.17, 15) is 4.79 Å². The summed E-state index contributed by atoms with van der Waals surface area (Å²) >= 11 is 0. The Morgan fingerprint density at radius 3 is 2.62 bits per heavy atom. The molecular weight excluding hydrogens is 166 g/mol. The normalized spacial score (nSPS) is 29.9. The van der Waals surface area contributed by atoms with Crippen LogP contribution in [0, 0.1) is 11.8 Å². The molecular formula is C9H15N3O. The molecule has 2 rings (SSSR count). The molecule has 4 heteroatoms. The molecule has 2 amide bonds. The molecule has 1 atom stereocenters. The summed E-state index contributed by atoms with van der Waals surface area (Å²) in [5, 5.41) is 5.44. The van der Waals surface area contributed by atoms with Crippen LogP contribution >= 0.6 is 0 Å². The van der Waals surface area contributed by atoms with Gasteiger partial charge in [-0.25, -0.2) is 9.80 Å². The molecule has 2 N–H and O–H groups in total. The molecule has 2 aliphatic carbocycles. The van der Waals surface area contributed by atoms with Crippen LogP contribution in [-0.4, -0.2) is 23.8 Å². The zero-order valence-electron chi connectivity index (χ0n) is 7.86. The van der Waals surface area contributed by atoms with E-state index in [-0.39, 0.29) is 0 Å². The topological polar surface area (TPSA) is 58.7 Å². The third-order valence-corrected chi connectivity index (χ3v) is 2.93. The second-order valence-corrected chi connectivity index (χ2v) is 3.94. The third-order valence-electron chi connectivity index (χ3n) is 2.93. The van der Waals surface area contributed by atoms with E-state index in [4.69, 9.17) is 5.73 Å². The molecule has 0 aromatic rings. The Kier molecular flexibility index (Phi) is 1.98. The lowest BCUT2D eigenvalue weighted by molar-refractivity contribution is 0.219. The highest BCUT2D eigenvalue weighted by molar-refractivity contribution is 5.93. The van der Waals surface area contributed by atoms with Gasteiger partial charge in [0.2, 0.25) is 0 Å². The van der Waals surface area contributed by atoms with Gasteiger partial charge in [0.25, 0.3) is 0 Å². The number of rotatable bonds is 2. The molecule has 2 aliphatic rings. The molecule has 0 aliphatic heterocycles. The van der Waals surface area contributed by atoms with Crippen molar-refractivity contribution in [1.29, 1.82) is 0 Å². The van der Waals surface area contributed by atoms with E-state index in [1.54, 1.807) is 7.05 Å². The minimum Gasteiger partial charge on any atom is -0.350 e. The quantitative estimate of drug-likeness (QED) is 0.639. The number of carbonyl (C=O) groups is 1. The van der Waals surface area contributed by atoms with Crippen LogP contribution < -0.4 is 5.73 Å². The van der Waals surface area contributed by atoms with Gasteiger partial charge in [0.05, 0.1) is 0 Å². The summed E-state index contributed by atoms with van der Waals surface area (Å²) in [6.07, 6.45) is 4.96. The molecule has 2 fully saturated rings. The van der Waals surface area contributed by atoms with Crippen LogP contribution in [0.25, 0.3) is 0 Å². The fraction of sp³-hybridized carbons (Fsp3) is 0.778.